The summed E-state index contributed by atoms with van der Waals surface area (Å²) in [6, 6.07) is 5.83. The number of benzene rings is 1. The monoisotopic (exact) mass is 230 g/mol. The van der Waals surface area contributed by atoms with Crippen LogP contribution in [-0.4, -0.2) is 11.1 Å². The predicted octanol–water partition coefficient (Wildman–Crippen LogP) is 3.38. The van der Waals surface area contributed by atoms with Gasteiger partial charge in [-0.05, 0) is 31.5 Å². The molecule has 3 heteroatoms. The average Bonchev–Trinajstić information content (AvgIpc) is 2.33. The van der Waals surface area contributed by atoms with E-state index in [1.54, 1.807) is 6.20 Å². The third-order valence-electron chi connectivity index (χ3n) is 2.85. The summed E-state index contributed by atoms with van der Waals surface area (Å²) in [6.45, 7) is 4.22. The zero-order chi connectivity index (χ0) is 12.3. The molecular formula is C14H18N2O. The van der Waals surface area contributed by atoms with Crippen LogP contribution < -0.4 is 10.5 Å². The van der Waals surface area contributed by atoms with Crippen molar-refractivity contribution in [1.82, 2.24) is 4.98 Å². The first-order chi connectivity index (χ1) is 8.22. The zero-order valence-electron chi connectivity index (χ0n) is 10.3. The summed E-state index contributed by atoms with van der Waals surface area (Å²) < 4.78 is 5.85. The highest BCUT2D eigenvalue weighted by atomic mass is 16.5. The summed E-state index contributed by atoms with van der Waals surface area (Å²) in [5.41, 5.74) is 6.81. The van der Waals surface area contributed by atoms with Crippen molar-refractivity contribution in [2.24, 2.45) is 0 Å². The summed E-state index contributed by atoms with van der Waals surface area (Å²) in [7, 11) is 0. The smallest absolute Gasteiger partial charge is 0.143 e. The van der Waals surface area contributed by atoms with Crippen LogP contribution in [-0.2, 0) is 0 Å². The number of ether oxygens (including phenoxy) is 1. The van der Waals surface area contributed by atoms with Gasteiger partial charge in [0.25, 0.3) is 0 Å². The van der Waals surface area contributed by atoms with Crippen LogP contribution in [0.25, 0.3) is 10.8 Å². The van der Waals surface area contributed by atoms with Crippen molar-refractivity contribution < 1.29 is 4.74 Å². The molecule has 2 aromatic rings. The van der Waals surface area contributed by atoms with Gasteiger partial charge in [0.05, 0.1) is 11.8 Å². The highest BCUT2D eigenvalue weighted by Gasteiger charge is 2.08. The van der Waals surface area contributed by atoms with Gasteiger partial charge in [0.1, 0.15) is 5.75 Å². The van der Waals surface area contributed by atoms with Crippen LogP contribution in [0.5, 0.6) is 5.75 Å². The summed E-state index contributed by atoms with van der Waals surface area (Å²) in [5.74, 6) is 0.768. The molecular weight excluding hydrogens is 212 g/mol. The Hall–Kier alpha value is -1.77. The van der Waals surface area contributed by atoms with E-state index in [1.165, 1.54) is 0 Å². The van der Waals surface area contributed by atoms with Gasteiger partial charge in [0, 0.05) is 23.2 Å². The number of aromatic nitrogens is 1. The largest absolute Gasteiger partial charge is 0.489 e. The molecule has 1 unspecified atom stereocenters. The molecule has 0 fully saturated rings. The lowest BCUT2D eigenvalue weighted by Gasteiger charge is -2.16. The lowest BCUT2D eigenvalue weighted by Crippen LogP contribution is -2.12. The van der Waals surface area contributed by atoms with Gasteiger partial charge in [-0.3, -0.25) is 4.98 Å². The molecule has 2 rings (SSSR count). The summed E-state index contributed by atoms with van der Waals surface area (Å²) >= 11 is 0. The van der Waals surface area contributed by atoms with Crippen LogP contribution in [0.4, 0.5) is 5.69 Å². The Balaban J connectivity index is 2.32. The molecule has 0 aliphatic carbocycles. The Labute approximate surface area is 102 Å². The van der Waals surface area contributed by atoms with Crippen molar-refractivity contribution in [3.05, 3.63) is 30.6 Å². The third kappa shape index (κ3) is 2.49. The molecule has 1 heterocycles. The quantitative estimate of drug-likeness (QED) is 0.819. The van der Waals surface area contributed by atoms with Crippen molar-refractivity contribution in [3.8, 4) is 5.75 Å². The topological polar surface area (TPSA) is 48.1 Å². The summed E-state index contributed by atoms with van der Waals surface area (Å²) in [4.78, 5) is 4.08. The normalized spacial score (nSPS) is 12.6. The van der Waals surface area contributed by atoms with Gasteiger partial charge in [0.15, 0.2) is 0 Å². The molecule has 0 saturated carbocycles. The Morgan fingerprint density at radius 3 is 2.94 bits per heavy atom. The van der Waals surface area contributed by atoms with Crippen molar-refractivity contribution in [2.75, 3.05) is 5.73 Å². The molecule has 17 heavy (non-hydrogen) atoms. The molecule has 0 amide bonds. The number of nitrogens with zero attached hydrogens (tertiary/aromatic N) is 1. The number of rotatable bonds is 4. The predicted molar refractivity (Wildman–Crippen MR) is 71.2 cm³/mol. The van der Waals surface area contributed by atoms with Gasteiger partial charge in [-0.25, -0.2) is 0 Å². The minimum absolute atomic E-state index is 0.196. The van der Waals surface area contributed by atoms with Crippen molar-refractivity contribution in [3.63, 3.8) is 0 Å². The zero-order valence-corrected chi connectivity index (χ0v) is 10.3. The summed E-state index contributed by atoms with van der Waals surface area (Å²) in [6.07, 6.45) is 5.90. The molecule has 0 aliphatic heterocycles. The van der Waals surface area contributed by atoms with Crippen molar-refractivity contribution >= 4 is 16.5 Å². The molecule has 0 radical (unpaired) electrons. The van der Waals surface area contributed by atoms with Gasteiger partial charge in [-0.1, -0.05) is 13.3 Å². The maximum Gasteiger partial charge on any atom is 0.143 e. The number of anilines is 1. The average molecular weight is 230 g/mol. The Kier molecular flexibility index (Phi) is 3.47. The van der Waals surface area contributed by atoms with E-state index in [0.29, 0.717) is 5.69 Å². The van der Waals surface area contributed by atoms with E-state index < -0.39 is 0 Å². The maximum absolute atomic E-state index is 6.11. The third-order valence-corrected chi connectivity index (χ3v) is 2.85. The van der Waals surface area contributed by atoms with Gasteiger partial charge < -0.3 is 10.5 Å². The second-order valence-electron chi connectivity index (χ2n) is 4.29. The maximum atomic E-state index is 6.11. The SMILES string of the molecule is CCCC(C)Oc1ccc2cnccc2c1N. The van der Waals surface area contributed by atoms with Crippen LogP contribution in [0.2, 0.25) is 0 Å². The number of hydrogen-bond acceptors (Lipinski definition) is 3. The number of nitrogens with two attached hydrogens (primary N) is 1. The second-order valence-corrected chi connectivity index (χ2v) is 4.29. The molecule has 90 valence electrons. The molecule has 0 bridgehead atoms. The molecule has 2 N–H and O–H groups in total. The van der Waals surface area contributed by atoms with Gasteiger partial charge in [-0.15, -0.1) is 0 Å². The van der Waals surface area contributed by atoms with Crippen molar-refractivity contribution in [1.29, 1.82) is 0 Å². The highest BCUT2D eigenvalue weighted by Crippen LogP contribution is 2.30. The minimum Gasteiger partial charge on any atom is -0.489 e. The first-order valence-corrected chi connectivity index (χ1v) is 6.01. The second kappa shape index (κ2) is 5.04. The minimum atomic E-state index is 0.196. The number of fused-ring (bicyclic) bond motifs is 1. The van der Waals surface area contributed by atoms with E-state index in [2.05, 4.69) is 18.8 Å². The lowest BCUT2D eigenvalue weighted by molar-refractivity contribution is 0.211. The molecule has 3 nitrogen and oxygen atoms in total. The Morgan fingerprint density at radius 1 is 1.35 bits per heavy atom. The molecule has 0 saturated heterocycles. The first kappa shape index (κ1) is 11.7. The van der Waals surface area contributed by atoms with E-state index in [-0.39, 0.29) is 6.10 Å². The van der Waals surface area contributed by atoms with Gasteiger partial charge >= 0.3 is 0 Å². The summed E-state index contributed by atoms with van der Waals surface area (Å²) in [5, 5.41) is 2.04. The number of nitrogen functional groups attached to an aromatic ring is 1. The Bertz CT molecular complexity index is 511. The fourth-order valence-electron chi connectivity index (χ4n) is 1.96. The van der Waals surface area contributed by atoms with Crippen LogP contribution in [0.3, 0.4) is 0 Å². The van der Waals surface area contributed by atoms with E-state index >= 15 is 0 Å². The molecule has 1 aromatic heterocycles. The van der Waals surface area contributed by atoms with Gasteiger partial charge in [-0.2, -0.15) is 0 Å². The Morgan fingerprint density at radius 2 is 2.18 bits per heavy atom. The van der Waals surface area contributed by atoms with E-state index in [0.717, 1.165) is 29.4 Å². The fraction of sp³-hybridized carbons (Fsp3) is 0.357. The van der Waals surface area contributed by atoms with Crippen molar-refractivity contribution in [2.45, 2.75) is 32.8 Å². The van der Waals surface area contributed by atoms with Crippen LogP contribution in [0.15, 0.2) is 30.6 Å². The van der Waals surface area contributed by atoms with E-state index in [4.69, 9.17) is 10.5 Å². The lowest BCUT2D eigenvalue weighted by atomic mass is 10.1. The highest BCUT2D eigenvalue weighted by molar-refractivity contribution is 5.95. The van der Waals surface area contributed by atoms with Gasteiger partial charge in [0.2, 0.25) is 0 Å². The van der Waals surface area contributed by atoms with E-state index in [1.807, 2.05) is 24.4 Å². The molecule has 0 spiro atoms. The van der Waals surface area contributed by atoms with Crippen LogP contribution in [0, 0.1) is 0 Å². The molecule has 1 aromatic carbocycles. The molecule has 0 aliphatic rings. The number of hydrogen-bond donors (Lipinski definition) is 1. The fourth-order valence-corrected chi connectivity index (χ4v) is 1.96. The van der Waals surface area contributed by atoms with E-state index in [9.17, 15) is 0 Å². The number of pyridine rings is 1. The van der Waals surface area contributed by atoms with Crippen LogP contribution >= 0.6 is 0 Å². The van der Waals surface area contributed by atoms with Crippen LogP contribution in [0.1, 0.15) is 26.7 Å². The molecule has 1 atom stereocenters. The first-order valence-electron chi connectivity index (χ1n) is 6.01. The standard InChI is InChI=1S/C14H18N2O/c1-3-4-10(2)17-13-6-5-11-9-16-8-7-12(11)14(13)15/h5-10H,3-4,15H2,1-2H3.